The highest BCUT2D eigenvalue weighted by Crippen LogP contribution is 2.00. The van der Waals surface area contributed by atoms with E-state index in [1.807, 2.05) is 25.1 Å². The van der Waals surface area contributed by atoms with Crippen LogP contribution in [0.4, 0.5) is 0 Å². The van der Waals surface area contributed by atoms with Gasteiger partial charge in [-0.15, -0.1) is 6.58 Å². The molecular weight excluding hydrogens is 174 g/mol. The largest absolute Gasteiger partial charge is 0.198 e. The highest BCUT2D eigenvalue weighted by atomic mass is 14.3. The van der Waals surface area contributed by atoms with E-state index < -0.39 is 0 Å². The first-order chi connectivity index (χ1) is 6.62. The predicted octanol–water partition coefficient (Wildman–Crippen LogP) is 2.78. The molecular formula is C11H15N3. The van der Waals surface area contributed by atoms with E-state index in [9.17, 15) is 0 Å². The zero-order chi connectivity index (χ0) is 11.4. The number of allylic oxidation sites excluding steroid dienone is 1. The van der Waals surface area contributed by atoms with E-state index in [1.165, 1.54) is 0 Å². The molecule has 0 aromatic heterocycles. The number of hydrogen-bond donors (Lipinski definition) is 0. The standard InChI is InChI=1S/C6H8N2.C5H7N/c1-6(5-8)3-2-4-7;1-3-5(2)4-6/h6H,2-3H2,1H3;3,5H,1H2,2H3. The summed E-state index contributed by atoms with van der Waals surface area (Å²) in [6, 6.07) is 6.03. The van der Waals surface area contributed by atoms with Gasteiger partial charge in [0.25, 0.3) is 0 Å². The van der Waals surface area contributed by atoms with E-state index in [0.29, 0.717) is 12.8 Å². The maximum Gasteiger partial charge on any atom is 0.0694 e. The average molecular weight is 189 g/mol. The predicted molar refractivity (Wildman–Crippen MR) is 54.6 cm³/mol. The summed E-state index contributed by atoms with van der Waals surface area (Å²) >= 11 is 0. The Morgan fingerprint density at radius 1 is 1.21 bits per heavy atom. The molecule has 0 aliphatic heterocycles. The summed E-state index contributed by atoms with van der Waals surface area (Å²) in [6.45, 7) is 7.02. The van der Waals surface area contributed by atoms with Crippen LogP contribution in [-0.2, 0) is 0 Å². The molecule has 0 radical (unpaired) electrons. The second-order valence-corrected chi connectivity index (χ2v) is 2.88. The summed E-state index contributed by atoms with van der Waals surface area (Å²) in [6.07, 6.45) is 2.81. The van der Waals surface area contributed by atoms with E-state index in [-0.39, 0.29) is 11.8 Å². The molecule has 0 saturated heterocycles. The minimum atomic E-state index is 0.00463. The molecule has 0 rings (SSSR count). The third-order valence-electron chi connectivity index (χ3n) is 1.47. The van der Waals surface area contributed by atoms with Gasteiger partial charge in [-0.2, -0.15) is 15.8 Å². The molecule has 0 spiro atoms. The lowest BCUT2D eigenvalue weighted by molar-refractivity contribution is 0.675. The highest BCUT2D eigenvalue weighted by molar-refractivity contribution is 4.91. The topological polar surface area (TPSA) is 71.4 Å². The Hall–Kier alpha value is -1.79. The molecule has 0 aromatic rings. The van der Waals surface area contributed by atoms with Crippen molar-refractivity contribution in [3.63, 3.8) is 0 Å². The number of hydrogen-bond acceptors (Lipinski definition) is 3. The Kier molecular flexibility index (Phi) is 11.8. The van der Waals surface area contributed by atoms with Crippen molar-refractivity contribution in [1.82, 2.24) is 0 Å². The van der Waals surface area contributed by atoms with Crippen molar-refractivity contribution < 1.29 is 0 Å². The van der Waals surface area contributed by atoms with Gasteiger partial charge >= 0.3 is 0 Å². The third kappa shape index (κ3) is 12.8. The lowest BCUT2D eigenvalue weighted by atomic mass is 10.1. The number of rotatable bonds is 3. The van der Waals surface area contributed by atoms with Crippen molar-refractivity contribution in [3.8, 4) is 18.2 Å². The van der Waals surface area contributed by atoms with E-state index >= 15 is 0 Å². The fraction of sp³-hybridized carbons (Fsp3) is 0.545. The Bertz CT molecular complexity index is 262. The van der Waals surface area contributed by atoms with E-state index in [4.69, 9.17) is 15.8 Å². The minimum Gasteiger partial charge on any atom is -0.198 e. The lowest BCUT2D eigenvalue weighted by Gasteiger charge is -1.91. The first kappa shape index (κ1) is 14.7. The maximum absolute atomic E-state index is 8.20. The quantitative estimate of drug-likeness (QED) is 0.641. The van der Waals surface area contributed by atoms with Crippen LogP contribution in [0.1, 0.15) is 26.7 Å². The molecule has 3 heteroatoms. The Morgan fingerprint density at radius 2 is 1.79 bits per heavy atom. The minimum absolute atomic E-state index is 0.00463. The van der Waals surface area contributed by atoms with E-state index in [2.05, 4.69) is 6.58 Å². The van der Waals surface area contributed by atoms with E-state index in [1.54, 1.807) is 13.0 Å². The molecule has 0 N–H and O–H groups in total. The summed E-state index contributed by atoms with van der Waals surface area (Å²) < 4.78 is 0. The molecule has 3 nitrogen and oxygen atoms in total. The first-order valence-electron chi connectivity index (χ1n) is 4.41. The van der Waals surface area contributed by atoms with Crippen molar-refractivity contribution in [3.05, 3.63) is 12.7 Å². The molecule has 0 fully saturated rings. The zero-order valence-corrected chi connectivity index (χ0v) is 8.70. The van der Waals surface area contributed by atoms with Crippen LogP contribution < -0.4 is 0 Å². The molecule has 0 aromatic carbocycles. The van der Waals surface area contributed by atoms with Crippen molar-refractivity contribution in [2.45, 2.75) is 26.7 Å². The number of nitriles is 3. The smallest absolute Gasteiger partial charge is 0.0694 e. The molecule has 0 heterocycles. The number of nitrogens with zero attached hydrogens (tertiary/aromatic N) is 3. The van der Waals surface area contributed by atoms with Crippen LogP contribution in [0.5, 0.6) is 0 Å². The molecule has 0 aliphatic carbocycles. The molecule has 0 amide bonds. The Labute approximate surface area is 85.9 Å². The van der Waals surface area contributed by atoms with Crippen LogP contribution in [0.2, 0.25) is 0 Å². The van der Waals surface area contributed by atoms with Gasteiger partial charge in [-0.1, -0.05) is 6.08 Å². The van der Waals surface area contributed by atoms with Crippen LogP contribution >= 0.6 is 0 Å². The summed E-state index contributed by atoms with van der Waals surface area (Å²) in [5.74, 6) is 0.0413. The van der Waals surface area contributed by atoms with Gasteiger partial charge in [-0.3, -0.25) is 0 Å². The lowest BCUT2D eigenvalue weighted by Crippen LogP contribution is -1.86. The van der Waals surface area contributed by atoms with Gasteiger partial charge < -0.3 is 0 Å². The summed E-state index contributed by atoms with van der Waals surface area (Å²) in [4.78, 5) is 0. The van der Waals surface area contributed by atoms with Gasteiger partial charge in [-0.25, -0.2) is 0 Å². The summed E-state index contributed by atoms with van der Waals surface area (Å²) in [5, 5.41) is 24.3. The van der Waals surface area contributed by atoms with Gasteiger partial charge in [0.15, 0.2) is 0 Å². The van der Waals surface area contributed by atoms with Crippen LogP contribution in [0.3, 0.4) is 0 Å². The fourth-order valence-corrected chi connectivity index (χ4v) is 0.398. The monoisotopic (exact) mass is 189 g/mol. The highest BCUT2D eigenvalue weighted by Gasteiger charge is 1.95. The van der Waals surface area contributed by atoms with Crippen LogP contribution in [0, 0.1) is 45.8 Å². The summed E-state index contributed by atoms with van der Waals surface area (Å²) in [7, 11) is 0. The third-order valence-corrected chi connectivity index (χ3v) is 1.47. The summed E-state index contributed by atoms with van der Waals surface area (Å²) in [5.41, 5.74) is 0. The maximum atomic E-state index is 8.20. The molecule has 74 valence electrons. The van der Waals surface area contributed by atoms with Crippen LogP contribution in [0.25, 0.3) is 0 Å². The van der Waals surface area contributed by atoms with Crippen LogP contribution in [-0.4, -0.2) is 0 Å². The fourth-order valence-electron chi connectivity index (χ4n) is 0.398. The van der Waals surface area contributed by atoms with Gasteiger partial charge in [-0.05, 0) is 20.3 Å². The molecule has 2 unspecified atom stereocenters. The second-order valence-electron chi connectivity index (χ2n) is 2.88. The van der Waals surface area contributed by atoms with Crippen molar-refractivity contribution in [2.24, 2.45) is 11.8 Å². The Balaban J connectivity index is 0. The second kappa shape index (κ2) is 11.2. The molecule has 0 bridgehead atoms. The zero-order valence-electron chi connectivity index (χ0n) is 8.70. The Morgan fingerprint density at radius 3 is 2.00 bits per heavy atom. The van der Waals surface area contributed by atoms with Crippen molar-refractivity contribution >= 4 is 0 Å². The van der Waals surface area contributed by atoms with Gasteiger partial charge in [0, 0.05) is 12.3 Å². The SMILES string of the molecule is C=CC(C)C#N.CC(C#N)CCC#N. The molecule has 0 saturated carbocycles. The molecule has 2 atom stereocenters. The first-order valence-corrected chi connectivity index (χ1v) is 4.41. The van der Waals surface area contributed by atoms with Crippen molar-refractivity contribution in [2.75, 3.05) is 0 Å². The normalized spacial score (nSPS) is 11.6. The van der Waals surface area contributed by atoms with Crippen molar-refractivity contribution in [1.29, 1.82) is 15.8 Å². The van der Waals surface area contributed by atoms with Gasteiger partial charge in [0.1, 0.15) is 0 Å². The van der Waals surface area contributed by atoms with Gasteiger partial charge in [0.2, 0.25) is 0 Å². The van der Waals surface area contributed by atoms with Gasteiger partial charge in [0.05, 0.1) is 24.1 Å². The molecule has 14 heavy (non-hydrogen) atoms. The average Bonchev–Trinajstić information content (AvgIpc) is 2.25. The molecule has 0 aliphatic rings. The van der Waals surface area contributed by atoms with Crippen LogP contribution in [0.15, 0.2) is 12.7 Å². The van der Waals surface area contributed by atoms with E-state index in [0.717, 1.165) is 0 Å².